The third-order valence-corrected chi connectivity index (χ3v) is 3.98. The molecular weight excluding hydrogens is 292 g/mol. The molecule has 2 fully saturated rings. The molecule has 8 nitrogen and oxygen atoms in total. The molecule has 2 rings (SSSR count). The van der Waals surface area contributed by atoms with Crippen LogP contribution >= 0.6 is 0 Å². The van der Waals surface area contributed by atoms with Crippen LogP contribution in [0.3, 0.4) is 0 Å². The third kappa shape index (κ3) is 3.22. The van der Waals surface area contributed by atoms with E-state index in [-0.39, 0.29) is 18.4 Å². The highest BCUT2D eigenvalue weighted by Crippen LogP contribution is 2.34. The zero-order valence-electron chi connectivity index (χ0n) is 13.0. The average Bonchev–Trinajstić information content (AvgIpc) is 3.10. The lowest BCUT2D eigenvalue weighted by atomic mass is 10.0. The number of nitrogens with one attached hydrogen (secondary N) is 1. The topological polar surface area (TPSA) is 94.2 Å². The summed E-state index contributed by atoms with van der Waals surface area (Å²) in [5, 5.41) is 2.52. The van der Waals surface area contributed by atoms with Gasteiger partial charge in [-0.05, 0) is 5.92 Å². The van der Waals surface area contributed by atoms with Gasteiger partial charge in [-0.3, -0.25) is 4.79 Å². The molecule has 0 saturated carbocycles. The fourth-order valence-corrected chi connectivity index (χ4v) is 2.82. The van der Waals surface area contributed by atoms with E-state index in [0.29, 0.717) is 25.9 Å². The van der Waals surface area contributed by atoms with Crippen LogP contribution in [0.15, 0.2) is 0 Å². The average molecular weight is 314 g/mol. The molecule has 2 heterocycles. The molecule has 2 atom stereocenters. The Hall–Kier alpha value is -1.67. The largest absolute Gasteiger partial charge is 0.453 e. The molecule has 2 unspecified atom stereocenters. The van der Waals surface area contributed by atoms with E-state index in [1.165, 1.54) is 12.0 Å². The lowest BCUT2D eigenvalue weighted by molar-refractivity contribution is -0.153. The van der Waals surface area contributed by atoms with Crippen molar-refractivity contribution < 1.29 is 28.6 Å². The van der Waals surface area contributed by atoms with Gasteiger partial charge in [-0.2, -0.15) is 0 Å². The van der Waals surface area contributed by atoms with Crippen molar-refractivity contribution in [2.24, 2.45) is 5.92 Å². The Labute approximate surface area is 129 Å². The van der Waals surface area contributed by atoms with Gasteiger partial charge in [0.2, 0.25) is 5.91 Å². The summed E-state index contributed by atoms with van der Waals surface area (Å²) in [7, 11) is 1.23. The van der Waals surface area contributed by atoms with E-state index in [1.807, 2.05) is 13.8 Å². The van der Waals surface area contributed by atoms with Gasteiger partial charge in [-0.15, -0.1) is 0 Å². The second-order valence-corrected chi connectivity index (χ2v) is 5.84. The number of carbonyl (C=O) groups excluding carboxylic acids is 3. The molecule has 1 N–H and O–H groups in total. The van der Waals surface area contributed by atoms with Gasteiger partial charge in [0.05, 0.1) is 32.9 Å². The monoisotopic (exact) mass is 314 g/mol. The predicted octanol–water partition coefficient (Wildman–Crippen LogP) is -0.0901. The Kier molecular flexibility index (Phi) is 5.02. The fraction of sp³-hybridized carbons (Fsp3) is 0.786. The van der Waals surface area contributed by atoms with Crippen LogP contribution in [-0.2, 0) is 23.8 Å². The number of carbonyl (C=O) groups is 3. The van der Waals surface area contributed by atoms with Gasteiger partial charge < -0.3 is 29.2 Å². The number of aldehydes is 1. The Balaban J connectivity index is 2.14. The van der Waals surface area contributed by atoms with Crippen LogP contribution in [-0.4, -0.2) is 67.9 Å². The number of likely N-dealkylation sites (tertiary alicyclic amines) is 1. The van der Waals surface area contributed by atoms with Gasteiger partial charge in [0.1, 0.15) is 12.3 Å². The van der Waals surface area contributed by atoms with E-state index in [2.05, 4.69) is 10.1 Å². The van der Waals surface area contributed by atoms with Gasteiger partial charge in [0.15, 0.2) is 5.79 Å². The highest BCUT2D eigenvalue weighted by atomic mass is 16.7. The minimum Gasteiger partial charge on any atom is -0.453 e. The van der Waals surface area contributed by atoms with Crippen molar-refractivity contribution in [3.05, 3.63) is 0 Å². The summed E-state index contributed by atoms with van der Waals surface area (Å²) in [5.41, 5.74) is 0. The van der Waals surface area contributed by atoms with Crippen molar-refractivity contribution in [2.45, 2.75) is 38.1 Å². The van der Waals surface area contributed by atoms with E-state index >= 15 is 0 Å². The number of hydrogen-bond acceptors (Lipinski definition) is 6. The lowest BCUT2D eigenvalue weighted by Crippen LogP contribution is -2.53. The summed E-state index contributed by atoms with van der Waals surface area (Å²) in [4.78, 5) is 36.9. The summed E-state index contributed by atoms with van der Waals surface area (Å²) < 4.78 is 15.7. The lowest BCUT2D eigenvalue weighted by Gasteiger charge is -2.29. The molecule has 0 radical (unpaired) electrons. The molecule has 2 aliphatic heterocycles. The van der Waals surface area contributed by atoms with Crippen molar-refractivity contribution in [1.29, 1.82) is 0 Å². The van der Waals surface area contributed by atoms with Crippen LogP contribution in [0.25, 0.3) is 0 Å². The fourth-order valence-electron chi connectivity index (χ4n) is 2.82. The van der Waals surface area contributed by atoms with Crippen LogP contribution in [0.2, 0.25) is 0 Å². The Bertz CT molecular complexity index is 447. The molecular formula is C14H22N2O6. The maximum Gasteiger partial charge on any atom is 0.407 e. The van der Waals surface area contributed by atoms with Crippen molar-refractivity contribution >= 4 is 18.3 Å². The summed E-state index contributed by atoms with van der Waals surface area (Å²) in [5.74, 6) is -1.39. The number of hydrogen-bond donors (Lipinski definition) is 1. The highest BCUT2D eigenvalue weighted by Gasteiger charge is 2.51. The molecule has 2 saturated heterocycles. The van der Waals surface area contributed by atoms with E-state index in [4.69, 9.17) is 9.47 Å². The quantitative estimate of drug-likeness (QED) is 0.729. The van der Waals surface area contributed by atoms with Crippen LogP contribution < -0.4 is 5.32 Å². The second kappa shape index (κ2) is 6.62. The number of rotatable bonds is 4. The van der Waals surface area contributed by atoms with Gasteiger partial charge in [0, 0.05) is 6.42 Å². The van der Waals surface area contributed by atoms with Crippen molar-refractivity contribution in [2.75, 3.05) is 26.9 Å². The van der Waals surface area contributed by atoms with Crippen molar-refractivity contribution in [3.8, 4) is 0 Å². The molecule has 124 valence electrons. The Morgan fingerprint density at radius 2 is 2.00 bits per heavy atom. The number of ether oxygens (including phenoxy) is 3. The first-order valence-electron chi connectivity index (χ1n) is 7.30. The first kappa shape index (κ1) is 16.7. The number of alkyl carbamates (subject to hydrolysis) is 1. The molecule has 0 aromatic carbocycles. The van der Waals surface area contributed by atoms with Crippen LogP contribution in [0.5, 0.6) is 0 Å². The Morgan fingerprint density at radius 1 is 1.36 bits per heavy atom. The molecule has 1 spiro atoms. The maximum atomic E-state index is 12.7. The molecule has 0 aliphatic carbocycles. The van der Waals surface area contributed by atoms with E-state index in [0.717, 1.165) is 0 Å². The summed E-state index contributed by atoms with van der Waals surface area (Å²) >= 11 is 0. The minimum atomic E-state index is -0.895. The van der Waals surface area contributed by atoms with Crippen LogP contribution in [0, 0.1) is 5.92 Å². The molecule has 0 bridgehead atoms. The summed E-state index contributed by atoms with van der Waals surface area (Å²) in [6.45, 7) is 4.69. The number of nitrogens with zero attached hydrogens (tertiary/aromatic N) is 1. The predicted molar refractivity (Wildman–Crippen MR) is 75.0 cm³/mol. The van der Waals surface area contributed by atoms with Crippen LogP contribution in [0.1, 0.15) is 20.3 Å². The van der Waals surface area contributed by atoms with Crippen LogP contribution in [0.4, 0.5) is 4.79 Å². The SMILES string of the molecule is COC(=O)NC(C(=O)N1CC2(CC1C=O)OCCO2)C(C)C. The summed E-state index contributed by atoms with van der Waals surface area (Å²) in [6, 6.07) is -1.39. The van der Waals surface area contributed by atoms with Gasteiger partial charge in [-0.1, -0.05) is 13.8 Å². The normalized spacial score (nSPS) is 24.5. The van der Waals surface area contributed by atoms with Gasteiger partial charge in [0.25, 0.3) is 0 Å². The molecule has 22 heavy (non-hydrogen) atoms. The van der Waals surface area contributed by atoms with Gasteiger partial charge in [-0.25, -0.2) is 4.79 Å². The molecule has 8 heteroatoms. The first-order chi connectivity index (χ1) is 10.4. The van der Waals surface area contributed by atoms with E-state index in [1.54, 1.807) is 0 Å². The van der Waals surface area contributed by atoms with E-state index in [9.17, 15) is 14.4 Å². The molecule has 2 amide bonds. The first-order valence-corrected chi connectivity index (χ1v) is 7.30. The highest BCUT2D eigenvalue weighted by molar-refractivity contribution is 5.88. The molecule has 0 aromatic rings. The summed E-state index contributed by atoms with van der Waals surface area (Å²) in [6.07, 6.45) is 0.343. The number of methoxy groups -OCH3 is 1. The second-order valence-electron chi connectivity index (χ2n) is 5.84. The maximum absolute atomic E-state index is 12.7. The van der Waals surface area contributed by atoms with Gasteiger partial charge >= 0.3 is 6.09 Å². The zero-order chi connectivity index (χ0) is 16.3. The van der Waals surface area contributed by atoms with Crippen molar-refractivity contribution in [3.63, 3.8) is 0 Å². The van der Waals surface area contributed by atoms with E-state index < -0.39 is 24.0 Å². The molecule has 0 aromatic heterocycles. The Morgan fingerprint density at radius 3 is 2.50 bits per heavy atom. The third-order valence-electron chi connectivity index (χ3n) is 3.98. The molecule has 2 aliphatic rings. The number of amides is 2. The minimum absolute atomic E-state index is 0.152. The zero-order valence-corrected chi connectivity index (χ0v) is 13.0. The standard InChI is InChI=1S/C14H22N2O6/c1-9(2)11(15-13(19)20-3)12(18)16-8-14(6-10(16)7-17)21-4-5-22-14/h7,9-11H,4-6,8H2,1-3H3,(H,15,19). The van der Waals surface area contributed by atoms with Crippen molar-refractivity contribution in [1.82, 2.24) is 10.2 Å². The smallest absolute Gasteiger partial charge is 0.407 e.